The predicted octanol–water partition coefficient (Wildman–Crippen LogP) is 2.38. The molecule has 1 amide bonds. The van der Waals surface area contributed by atoms with Gasteiger partial charge < -0.3 is 29.4 Å². The average molecular weight is 373 g/mol. The Hall–Kier alpha value is -3.42. The van der Waals surface area contributed by atoms with E-state index < -0.39 is 17.9 Å². The Morgan fingerprint density at radius 1 is 1.07 bits per heavy atom. The Morgan fingerprint density at radius 3 is 2.52 bits per heavy atom. The van der Waals surface area contributed by atoms with Gasteiger partial charge in [-0.25, -0.2) is 0 Å². The molecule has 1 unspecified atom stereocenters. The summed E-state index contributed by atoms with van der Waals surface area (Å²) in [6.07, 6.45) is -0.286. The van der Waals surface area contributed by atoms with Crippen LogP contribution in [0.5, 0.6) is 23.0 Å². The number of carboxylic acids is 1. The molecule has 8 nitrogen and oxygen atoms in total. The molecule has 3 rings (SSSR count). The van der Waals surface area contributed by atoms with Crippen LogP contribution >= 0.6 is 0 Å². The molecule has 0 aromatic heterocycles. The number of carbonyl (C=O) groups is 2. The van der Waals surface area contributed by atoms with E-state index in [0.29, 0.717) is 34.1 Å². The van der Waals surface area contributed by atoms with Gasteiger partial charge in [0.15, 0.2) is 23.0 Å². The first-order chi connectivity index (χ1) is 13.0. The maximum absolute atomic E-state index is 12.6. The molecule has 0 radical (unpaired) electrons. The van der Waals surface area contributed by atoms with Crippen LogP contribution in [0, 0.1) is 0 Å². The minimum Gasteiger partial charge on any atom is -0.493 e. The molecule has 2 aromatic rings. The number of carboxylic acid groups (broad SMARTS) is 1. The van der Waals surface area contributed by atoms with Crippen molar-refractivity contribution in [2.75, 3.05) is 21.0 Å². The molecule has 0 saturated carbocycles. The van der Waals surface area contributed by atoms with Crippen molar-refractivity contribution in [3.63, 3.8) is 0 Å². The summed E-state index contributed by atoms with van der Waals surface area (Å²) in [6.45, 7) is 0.105. The zero-order chi connectivity index (χ0) is 19.4. The lowest BCUT2D eigenvalue weighted by Crippen LogP contribution is -2.30. The molecule has 0 bridgehead atoms. The number of nitrogens with one attached hydrogen (secondary N) is 1. The lowest BCUT2D eigenvalue weighted by atomic mass is 10.0. The molecule has 1 atom stereocenters. The highest BCUT2D eigenvalue weighted by molar-refractivity contribution is 5.95. The third kappa shape index (κ3) is 4.05. The summed E-state index contributed by atoms with van der Waals surface area (Å²) in [5.41, 5.74) is 0.930. The summed E-state index contributed by atoms with van der Waals surface area (Å²) in [5, 5.41) is 12.0. The fourth-order valence-corrected chi connectivity index (χ4v) is 2.78. The minimum absolute atomic E-state index is 0.105. The van der Waals surface area contributed by atoms with Gasteiger partial charge in [-0.2, -0.15) is 0 Å². The number of rotatable bonds is 7. The molecule has 1 aliphatic rings. The van der Waals surface area contributed by atoms with Gasteiger partial charge in [-0.05, 0) is 35.9 Å². The zero-order valence-corrected chi connectivity index (χ0v) is 14.9. The van der Waals surface area contributed by atoms with E-state index in [-0.39, 0.29) is 13.2 Å². The third-order valence-corrected chi connectivity index (χ3v) is 4.13. The van der Waals surface area contributed by atoms with Crippen LogP contribution < -0.4 is 24.3 Å². The molecule has 8 heteroatoms. The second-order valence-corrected chi connectivity index (χ2v) is 5.81. The van der Waals surface area contributed by atoms with Crippen LogP contribution in [0.3, 0.4) is 0 Å². The molecule has 2 N–H and O–H groups in total. The molecule has 27 heavy (non-hydrogen) atoms. The number of benzene rings is 2. The summed E-state index contributed by atoms with van der Waals surface area (Å²) in [6, 6.07) is 9.04. The highest BCUT2D eigenvalue weighted by Crippen LogP contribution is 2.33. The smallest absolute Gasteiger partial charge is 0.305 e. The molecule has 142 valence electrons. The van der Waals surface area contributed by atoms with E-state index in [0.717, 1.165) is 0 Å². The number of amides is 1. The van der Waals surface area contributed by atoms with Gasteiger partial charge in [-0.1, -0.05) is 6.07 Å². The van der Waals surface area contributed by atoms with E-state index in [2.05, 4.69) is 5.32 Å². The number of hydrogen-bond donors (Lipinski definition) is 2. The van der Waals surface area contributed by atoms with Crippen LogP contribution in [0.1, 0.15) is 28.4 Å². The maximum Gasteiger partial charge on any atom is 0.305 e. The van der Waals surface area contributed by atoms with E-state index >= 15 is 0 Å². The Bertz CT molecular complexity index is 865. The van der Waals surface area contributed by atoms with Crippen molar-refractivity contribution in [1.82, 2.24) is 5.32 Å². The molecule has 0 spiro atoms. The van der Waals surface area contributed by atoms with E-state index in [1.165, 1.54) is 14.2 Å². The Morgan fingerprint density at radius 2 is 1.81 bits per heavy atom. The summed E-state index contributed by atoms with van der Waals surface area (Å²) < 4.78 is 20.9. The zero-order valence-electron chi connectivity index (χ0n) is 14.9. The van der Waals surface area contributed by atoms with Gasteiger partial charge in [0.2, 0.25) is 6.79 Å². The summed E-state index contributed by atoms with van der Waals surface area (Å²) in [5.74, 6) is 0.535. The predicted molar refractivity (Wildman–Crippen MR) is 94.6 cm³/mol. The monoisotopic (exact) mass is 373 g/mol. The van der Waals surface area contributed by atoms with Gasteiger partial charge in [-0.3, -0.25) is 9.59 Å². The molecule has 0 aliphatic carbocycles. The molecule has 1 heterocycles. The van der Waals surface area contributed by atoms with Crippen molar-refractivity contribution in [1.29, 1.82) is 0 Å². The average Bonchev–Trinajstić information content (AvgIpc) is 3.14. The molecule has 0 fully saturated rings. The van der Waals surface area contributed by atoms with E-state index in [1.807, 2.05) is 0 Å². The van der Waals surface area contributed by atoms with Crippen molar-refractivity contribution < 1.29 is 33.6 Å². The topological polar surface area (TPSA) is 103 Å². The largest absolute Gasteiger partial charge is 0.493 e. The molecule has 2 aromatic carbocycles. The van der Waals surface area contributed by atoms with Crippen LogP contribution in [-0.2, 0) is 4.79 Å². The Balaban J connectivity index is 1.85. The standard InChI is InChI=1S/C19H19NO7/c1-24-14-5-3-11(7-16(14)25-2)13(9-18(21)22)20-19(23)12-4-6-15-17(8-12)27-10-26-15/h3-8,13H,9-10H2,1-2H3,(H,20,23)(H,21,22). The number of fused-ring (bicyclic) bond motifs is 1. The van der Waals surface area contributed by atoms with Crippen molar-refractivity contribution in [2.45, 2.75) is 12.5 Å². The molecule has 1 aliphatic heterocycles. The Labute approximate surface area is 155 Å². The highest BCUT2D eigenvalue weighted by Gasteiger charge is 2.22. The molecular formula is C19H19NO7. The first-order valence-corrected chi connectivity index (χ1v) is 8.16. The van der Waals surface area contributed by atoms with Gasteiger partial charge in [-0.15, -0.1) is 0 Å². The SMILES string of the molecule is COc1ccc(C(CC(=O)O)NC(=O)c2ccc3c(c2)OCO3)cc1OC. The molecule has 0 saturated heterocycles. The van der Waals surface area contributed by atoms with Crippen molar-refractivity contribution in [3.8, 4) is 23.0 Å². The molecular weight excluding hydrogens is 354 g/mol. The summed E-state index contributed by atoms with van der Waals surface area (Å²) >= 11 is 0. The lowest BCUT2D eigenvalue weighted by molar-refractivity contribution is -0.137. The van der Waals surface area contributed by atoms with Crippen LogP contribution in [-0.4, -0.2) is 38.0 Å². The van der Waals surface area contributed by atoms with Crippen LogP contribution in [0.25, 0.3) is 0 Å². The lowest BCUT2D eigenvalue weighted by Gasteiger charge is -2.19. The number of ether oxygens (including phenoxy) is 4. The number of carbonyl (C=O) groups excluding carboxylic acids is 1. The van der Waals surface area contributed by atoms with Gasteiger partial charge in [0.05, 0.1) is 26.7 Å². The third-order valence-electron chi connectivity index (χ3n) is 4.13. The van der Waals surface area contributed by atoms with Crippen LogP contribution in [0.15, 0.2) is 36.4 Å². The first kappa shape index (κ1) is 18.4. The van der Waals surface area contributed by atoms with E-state index in [4.69, 9.17) is 18.9 Å². The Kier molecular flexibility index (Phi) is 5.35. The van der Waals surface area contributed by atoms with Gasteiger partial charge in [0.25, 0.3) is 5.91 Å². The second-order valence-electron chi connectivity index (χ2n) is 5.81. The fraction of sp³-hybridized carbons (Fsp3) is 0.263. The highest BCUT2D eigenvalue weighted by atomic mass is 16.7. The summed E-state index contributed by atoms with van der Waals surface area (Å²) in [4.78, 5) is 23.9. The quantitative estimate of drug-likeness (QED) is 0.768. The van der Waals surface area contributed by atoms with Crippen LogP contribution in [0.4, 0.5) is 0 Å². The van der Waals surface area contributed by atoms with Gasteiger partial charge in [0, 0.05) is 5.56 Å². The van der Waals surface area contributed by atoms with Crippen LogP contribution in [0.2, 0.25) is 0 Å². The van der Waals surface area contributed by atoms with Crippen molar-refractivity contribution in [2.24, 2.45) is 0 Å². The van der Waals surface area contributed by atoms with E-state index in [9.17, 15) is 14.7 Å². The maximum atomic E-state index is 12.6. The summed E-state index contributed by atoms with van der Waals surface area (Å²) in [7, 11) is 2.99. The number of aliphatic carboxylic acids is 1. The van der Waals surface area contributed by atoms with Gasteiger partial charge >= 0.3 is 5.97 Å². The fourth-order valence-electron chi connectivity index (χ4n) is 2.78. The second kappa shape index (κ2) is 7.86. The number of hydrogen-bond acceptors (Lipinski definition) is 6. The van der Waals surface area contributed by atoms with Gasteiger partial charge in [0.1, 0.15) is 0 Å². The van der Waals surface area contributed by atoms with E-state index in [1.54, 1.807) is 36.4 Å². The van der Waals surface area contributed by atoms with Crippen molar-refractivity contribution >= 4 is 11.9 Å². The number of methoxy groups -OCH3 is 2. The normalized spacial score (nSPS) is 13.0. The minimum atomic E-state index is -1.04. The first-order valence-electron chi connectivity index (χ1n) is 8.16. The van der Waals surface area contributed by atoms with Crippen molar-refractivity contribution in [3.05, 3.63) is 47.5 Å².